The third kappa shape index (κ3) is 2.01. The minimum atomic E-state index is -0.634. The van der Waals surface area contributed by atoms with Gasteiger partial charge in [0.05, 0.1) is 12.7 Å². The van der Waals surface area contributed by atoms with Crippen molar-refractivity contribution in [1.82, 2.24) is 0 Å². The zero-order valence-corrected chi connectivity index (χ0v) is 9.20. The van der Waals surface area contributed by atoms with Crippen molar-refractivity contribution in [3.8, 4) is 0 Å². The first-order valence-corrected chi connectivity index (χ1v) is 5.35. The molecule has 1 heterocycles. The molecule has 1 fully saturated rings. The Morgan fingerprint density at radius 1 is 1.38 bits per heavy atom. The van der Waals surface area contributed by atoms with Crippen molar-refractivity contribution >= 4 is 11.7 Å². The fraction of sp³-hybridized carbons (Fsp3) is 0.417. The van der Waals surface area contributed by atoms with Gasteiger partial charge in [0, 0.05) is 18.8 Å². The van der Waals surface area contributed by atoms with Crippen LogP contribution < -0.4 is 4.90 Å². The number of carbonyl (C=O) groups is 1. The maximum Gasteiger partial charge on any atom is 0.340 e. The third-order valence-electron chi connectivity index (χ3n) is 2.83. The van der Waals surface area contributed by atoms with Crippen LogP contribution in [0.4, 0.5) is 10.1 Å². The smallest absolute Gasteiger partial charge is 0.340 e. The Kier molecular flexibility index (Phi) is 3.08. The highest BCUT2D eigenvalue weighted by Crippen LogP contribution is 2.22. The van der Waals surface area contributed by atoms with Crippen LogP contribution >= 0.6 is 0 Å². The monoisotopic (exact) mass is 223 g/mol. The molecule has 1 aliphatic heterocycles. The summed E-state index contributed by atoms with van der Waals surface area (Å²) in [7, 11) is 1.25. The van der Waals surface area contributed by atoms with Gasteiger partial charge >= 0.3 is 5.97 Å². The molecule has 1 aromatic rings. The molecule has 0 aromatic heterocycles. The maximum atomic E-state index is 13.6. The number of rotatable bonds is 2. The quantitative estimate of drug-likeness (QED) is 0.720. The summed E-state index contributed by atoms with van der Waals surface area (Å²) in [6, 6.07) is 4.65. The van der Waals surface area contributed by atoms with Crippen LogP contribution in [0.5, 0.6) is 0 Å². The molecule has 0 N–H and O–H groups in total. The SMILES string of the molecule is COC(=O)c1ccc(N2CCCC2)cc1F. The van der Waals surface area contributed by atoms with Gasteiger partial charge in [0.25, 0.3) is 0 Å². The van der Waals surface area contributed by atoms with E-state index in [0.29, 0.717) is 0 Å². The summed E-state index contributed by atoms with van der Waals surface area (Å²) in [5, 5.41) is 0. The highest BCUT2D eigenvalue weighted by Gasteiger charge is 2.16. The Hall–Kier alpha value is -1.58. The summed E-state index contributed by atoms with van der Waals surface area (Å²) < 4.78 is 18.1. The molecule has 0 amide bonds. The van der Waals surface area contributed by atoms with Crippen LogP contribution in [0, 0.1) is 5.82 Å². The van der Waals surface area contributed by atoms with Crippen LogP contribution in [-0.4, -0.2) is 26.2 Å². The molecule has 1 saturated heterocycles. The summed E-state index contributed by atoms with van der Waals surface area (Å²) in [6.07, 6.45) is 2.28. The van der Waals surface area contributed by atoms with E-state index in [1.54, 1.807) is 6.07 Å². The zero-order chi connectivity index (χ0) is 11.5. The van der Waals surface area contributed by atoms with Gasteiger partial charge in [0.15, 0.2) is 0 Å². The number of halogens is 1. The zero-order valence-electron chi connectivity index (χ0n) is 9.20. The number of ether oxygens (including phenoxy) is 1. The van der Waals surface area contributed by atoms with E-state index in [1.165, 1.54) is 19.2 Å². The van der Waals surface area contributed by atoms with Crippen LogP contribution in [0.3, 0.4) is 0 Å². The molecule has 0 radical (unpaired) electrons. The minimum Gasteiger partial charge on any atom is -0.465 e. The average molecular weight is 223 g/mol. The van der Waals surface area contributed by atoms with Gasteiger partial charge in [-0.05, 0) is 31.0 Å². The van der Waals surface area contributed by atoms with E-state index < -0.39 is 11.8 Å². The molecule has 3 nitrogen and oxygen atoms in total. The molecule has 0 atom stereocenters. The lowest BCUT2D eigenvalue weighted by Crippen LogP contribution is -2.18. The van der Waals surface area contributed by atoms with Crippen molar-refractivity contribution in [1.29, 1.82) is 0 Å². The molecule has 4 heteroatoms. The molecule has 1 aliphatic rings. The molecule has 0 bridgehead atoms. The lowest BCUT2D eigenvalue weighted by atomic mass is 10.2. The van der Waals surface area contributed by atoms with Crippen molar-refractivity contribution < 1.29 is 13.9 Å². The molecule has 2 rings (SSSR count). The van der Waals surface area contributed by atoms with Gasteiger partial charge in [-0.25, -0.2) is 9.18 Å². The first-order chi connectivity index (χ1) is 7.72. The summed E-state index contributed by atoms with van der Waals surface area (Å²) in [4.78, 5) is 13.3. The highest BCUT2D eigenvalue weighted by atomic mass is 19.1. The number of benzene rings is 1. The summed E-state index contributed by atoms with van der Waals surface area (Å²) in [6.45, 7) is 1.91. The molecule has 0 saturated carbocycles. The normalized spacial score (nSPS) is 15.2. The van der Waals surface area contributed by atoms with E-state index >= 15 is 0 Å². The lowest BCUT2D eigenvalue weighted by Gasteiger charge is -2.17. The molecule has 0 aliphatic carbocycles. The van der Waals surface area contributed by atoms with Gasteiger partial charge in [0.2, 0.25) is 0 Å². The molecule has 0 spiro atoms. The van der Waals surface area contributed by atoms with E-state index in [0.717, 1.165) is 31.6 Å². The summed E-state index contributed by atoms with van der Waals surface area (Å²) in [5.41, 5.74) is 0.827. The van der Waals surface area contributed by atoms with Crippen molar-refractivity contribution in [2.24, 2.45) is 0 Å². The van der Waals surface area contributed by atoms with Crippen molar-refractivity contribution in [3.63, 3.8) is 0 Å². The number of hydrogen-bond donors (Lipinski definition) is 0. The van der Waals surface area contributed by atoms with E-state index in [-0.39, 0.29) is 5.56 Å². The maximum absolute atomic E-state index is 13.6. The van der Waals surface area contributed by atoms with Gasteiger partial charge in [-0.15, -0.1) is 0 Å². The predicted octanol–water partition coefficient (Wildman–Crippen LogP) is 2.21. The number of esters is 1. The Morgan fingerprint density at radius 2 is 2.06 bits per heavy atom. The number of hydrogen-bond acceptors (Lipinski definition) is 3. The Morgan fingerprint density at radius 3 is 2.62 bits per heavy atom. The van der Waals surface area contributed by atoms with Crippen LogP contribution in [0.15, 0.2) is 18.2 Å². The number of anilines is 1. The summed E-state index contributed by atoms with van der Waals surface area (Å²) in [5.74, 6) is -1.15. The predicted molar refractivity (Wildman–Crippen MR) is 59.2 cm³/mol. The molecule has 1 aromatic carbocycles. The van der Waals surface area contributed by atoms with Gasteiger partial charge in [-0.2, -0.15) is 0 Å². The molecular formula is C12H14FNO2. The van der Waals surface area contributed by atoms with Crippen LogP contribution in [0.2, 0.25) is 0 Å². The van der Waals surface area contributed by atoms with Crippen molar-refractivity contribution in [3.05, 3.63) is 29.6 Å². The molecule has 16 heavy (non-hydrogen) atoms. The van der Waals surface area contributed by atoms with Crippen molar-refractivity contribution in [2.75, 3.05) is 25.1 Å². The van der Waals surface area contributed by atoms with Crippen LogP contribution in [0.25, 0.3) is 0 Å². The minimum absolute atomic E-state index is 0.00885. The van der Waals surface area contributed by atoms with E-state index in [2.05, 4.69) is 9.64 Å². The fourth-order valence-electron chi connectivity index (χ4n) is 1.95. The molecule has 86 valence electrons. The first kappa shape index (κ1) is 10.9. The summed E-state index contributed by atoms with van der Waals surface area (Å²) >= 11 is 0. The third-order valence-corrected chi connectivity index (χ3v) is 2.83. The first-order valence-electron chi connectivity index (χ1n) is 5.35. The average Bonchev–Trinajstić information content (AvgIpc) is 2.81. The standard InChI is InChI=1S/C12H14FNO2/c1-16-12(15)10-5-4-9(8-11(10)13)14-6-2-3-7-14/h4-5,8H,2-3,6-7H2,1H3. The topological polar surface area (TPSA) is 29.5 Å². The Bertz CT molecular complexity index is 400. The van der Waals surface area contributed by atoms with Gasteiger partial charge in [-0.3, -0.25) is 0 Å². The van der Waals surface area contributed by atoms with Gasteiger partial charge < -0.3 is 9.64 Å². The second kappa shape index (κ2) is 4.51. The Balaban J connectivity index is 2.25. The largest absolute Gasteiger partial charge is 0.465 e. The molecule has 0 unspecified atom stereocenters. The van der Waals surface area contributed by atoms with Gasteiger partial charge in [-0.1, -0.05) is 0 Å². The van der Waals surface area contributed by atoms with E-state index in [1.807, 2.05) is 0 Å². The number of nitrogens with zero attached hydrogens (tertiary/aromatic N) is 1. The van der Waals surface area contributed by atoms with Crippen LogP contribution in [-0.2, 0) is 4.74 Å². The van der Waals surface area contributed by atoms with Crippen LogP contribution in [0.1, 0.15) is 23.2 Å². The second-order valence-corrected chi connectivity index (χ2v) is 3.85. The fourth-order valence-corrected chi connectivity index (χ4v) is 1.95. The lowest BCUT2D eigenvalue weighted by molar-refractivity contribution is 0.0595. The molecular weight excluding hydrogens is 209 g/mol. The number of methoxy groups -OCH3 is 1. The second-order valence-electron chi connectivity index (χ2n) is 3.85. The van der Waals surface area contributed by atoms with Crippen molar-refractivity contribution in [2.45, 2.75) is 12.8 Å². The van der Waals surface area contributed by atoms with Gasteiger partial charge in [0.1, 0.15) is 5.82 Å². The highest BCUT2D eigenvalue weighted by molar-refractivity contribution is 5.90. The number of carbonyl (C=O) groups excluding carboxylic acids is 1. The Labute approximate surface area is 93.8 Å². The van der Waals surface area contributed by atoms with E-state index in [9.17, 15) is 9.18 Å². The van der Waals surface area contributed by atoms with E-state index in [4.69, 9.17) is 0 Å².